The van der Waals surface area contributed by atoms with Crippen LogP contribution < -0.4 is 10.6 Å². The fourth-order valence-electron chi connectivity index (χ4n) is 2.31. The van der Waals surface area contributed by atoms with Crippen molar-refractivity contribution < 1.29 is 41.9 Å². The van der Waals surface area contributed by atoms with Gasteiger partial charge in [0.25, 0.3) is 0 Å². The first-order valence-corrected chi connectivity index (χ1v) is 12.0. The molecular weight excluding hydrogens is 428 g/mol. The Morgan fingerprint density at radius 3 is 1.71 bits per heavy atom. The maximum atomic E-state index is 11.6. The van der Waals surface area contributed by atoms with Crippen molar-refractivity contribution in [2.45, 2.75) is 38.7 Å². The topological polar surface area (TPSA) is 131 Å². The van der Waals surface area contributed by atoms with Gasteiger partial charge in [-0.05, 0) is 32.6 Å². The summed E-state index contributed by atoms with van der Waals surface area (Å²) in [5, 5.41) is 5.27. The van der Waals surface area contributed by atoms with Gasteiger partial charge in [-0.2, -0.15) is 0 Å². The van der Waals surface area contributed by atoms with Crippen LogP contribution in [0.4, 0.5) is 9.59 Å². The first-order valence-electron chi connectivity index (χ1n) is 10.1. The van der Waals surface area contributed by atoms with Crippen molar-refractivity contribution in [2.24, 2.45) is 0 Å². The van der Waals surface area contributed by atoms with Crippen LogP contribution in [0, 0.1) is 0 Å². The van der Waals surface area contributed by atoms with E-state index < -0.39 is 27.0 Å². The molecule has 0 spiro atoms. The van der Waals surface area contributed by atoms with Crippen LogP contribution in [0.25, 0.3) is 0 Å². The number of rotatable bonds is 17. The Labute approximate surface area is 185 Å². The molecule has 0 rings (SSSR count). The third kappa shape index (κ3) is 14.5. The van der Waals surface area contributed by atoms with Crippen LogP contribution >= 0.6 is 0 Å². The normalized spacial score (nSPS) is 10.8. The van der Waals surface area contributed by atoms with E-state index in [1.165, 1.54) is 28.3 Å². The quantitative estimate of drug-likeness (QED) is 0.109. The molecule has 0 aromatic heterocycles. The lowest BCUT2D eigenvalue weighted by molar-refractivity contribution is -0.139. The Hall–Kier alpha value is -2.15. The minimum Gasteiger partial charge on any atom is -0.459 e. The molecule has 180 valence electrons. The predicted molar refractivity (Wildman–Crippen MR) is 115 cm³/mol. The first-order chi connectivity index (χ1) is 14.8. The highest BCUT2D eigenvalue weighted by molar-refractivity contribution is 6.60. The second-order valence-corrected chi connectivity index (χ2v) is 9.59. The second-order valence-electron chi connectivity index (χ2n) is 6.50. The van der Waals surface area contributed by atoms with Crippen molar-refractivity contribution in [3.05, 3.63) is 12.2 Å². The number of amides is 2. The van der Waals surface area contributed by atoms with Gasteiger partial charge in [0.2, 0.25) is 0 Å². The lowest BCUT2D eigenvalue weighted by atomic mass is 10.2. The van der Waals surface area contributed by atoms with Gasteiger partial charge >= 0.3 is 27.0 Å². The minimum absolute atomic E-state index is 0.0190. The molecule has 0 atom stereocenters. The van der Waals surface area contributed by atoms with Crippen molar-refractivity contribution in [1.29, 1.82) is 0 Å². The number of hydrogen-bond donors (Lipinski definition) is 2. The summed E-state index contributed by atoms with van der Waals surface area (Å²) in [6.45, 7) is 6.10. The highest BCUT2D eigenvalue weighted by Gasteiger charge is 2.36. The zero-order chi connectivity index (χ0) is 23.5. The molecule has 0 aliphatic heterocycles. The zero-order valence-electron chi connectivity index (χ0n) is 19.0. The monoisotopic (exact) mass is 464 g/mol. The number of alkyl carbamates (subject to hydrolysis) is 2. The Kier molecular flexibility index (Phi) is 16.3. The highest BCUT2D eigenvalue weighted by Crippen LogP contribution is 2.14. The largest absolute Gasteiger partial charge is 0.500 e. The Bertz CT molecular complexity index is 548. The van der Waals surface area contributed by atoms with Crippen LogP contribution in [0.5, 0.6) is 0 Å². The van der Waals surface area contributed by atoms with E-state index in [4.69, 9.17) is 27.5 Å². The summed E-state index contributed by atoms with van der Waals surface area (Å²) in [5.41, 5.74) is 0.288. The van der Waals surface area contributed by atoms with Crippen molar-refractivity contribution >= 4 is 27.0 Å². The summed E-state index contributed by atoms with van der Waals surface area (Å²) in [4.78, 5) is 34.2. The first kappa shape index (κ1) is 28.8. The molecule has 0 aliphatic carbocycles. The van der Waals surface area contributed by atoms with Gasteiger partial charge in [-0.3, -0.25) is 0 Å². The van der Waals surface area contributed by atoms with Gasteiger partial charge in [-0.1, -0.05) is 6.58 Å². The highest BCUT2D eigenvalue weighted by atomic mass is 28.4. The molecule has 2 amide bonds. The SMILES string of the molecule is C=C(C)C(=O)OCCOC(=O)NCCCCCNC(=O)OCCC[Si](OC)(OC)OC. The number of carbonyl (C=O) groups is 3. The number of esters is 1. The summed E-state index contributed by atoms with van der Waals surface area (Å²) in [6, 6.07) is 0.554. The van der Waals surface area contributed by atoms with Crippen LogP contribution in [-0.4, -0.2) is 81.2 Å². The van der Waals surface area contributed by atoms with Gasteiger partial charge < -0.3 is 38.1 Å². The van der Waals surface area contributed by atoms with Crippen LogP contribution in [0.2, 0.25) is 6.04 Å². The Balaban J connectivity index is 3.57. The van der Waals surface area contributed by atoms with E-state index in [0.717, 1.165) is 19.3 Å². The zero-order valence-corrected chi connectivity index (χ0v) is 20.0. The van der Waals surface area contributed by atoms with Gasteiger partial charge in [0.15, 0.2) is 0 Å². The smallest absolute Gasteiger partial charge is 0.459 e. The lowest BCUT2D eigenvalue weighted by Gasteiger charge is -2.24. The molecule has 0 aliphatic rings. The van der Waals surface area contributed by atoms with Gasteiger partial charge in [-0.15, -0.1) is 0 Å². The third-order valence-electron chi connectivity index (χ3n) is 4.08. The fourth-order valence-corrected chi connectivity index (χ4v) is 4.00. The molecular formula is C19H36N2O9Si. The van der Waals surface area contributed by atoms with Gasteiger partial charge in [0.05, 0.1) is 6.61 Å². The van der Waals surface area contributed by atoms with Gasteiger partial charge in [0, 0.05) is 46.0 Å². The lowest BCUT2D eigenvalue weighted by Crippen LogP contribution is -2.42. The summed E-state index contributed by atoms with van der Waals surface area (Å²) in [5.74, 6) is -0.520. The summed E-state index contributed by atoms with van der Waals surface area (Å²) >= 11 is 0. The van der Waals surface area contributed by atoms with Crippen LogP contribution in [0.1, 0.15) is 32.6 Å². The number of nitrogens with one attached hydrogen (secondary N) is 2. The molecule has 31 heavy (non-hydrogen) atoms. The van der Waals surface area contributed by atoms with E-state index >= 15 is 0 Å². The summed E-state index contributed by atoms with van der Waals surface area (Å²) in [6.07, 6.45) is 1.81. The number of hydrogen-bond acceptors (Lipinski definition) is 9. The van der Waals surface area contributed by atoms with Crippen LogP contribution in [-0.2, 0) is 32.3 Å². The van der Waals surface area contributed by atoms with E-state index in [-0.39, 0.29) is 25.4 Å². The number of carbonyl (C=O) groups excluding carboxylic acids is 3. The molecule has 0 bridgehead atoms. The second kappa shape index (κ2) is 17.5. The maximum Gasteiger partial charge on any atom is 0.500 e. The third-order valence-corrected chi connectivity index (χ3v) is 6.92. The average molecular weight is 465 g/mol. The molecule has 0 heterocycles. The van der Waals surface area contributed by atoms with Crippen LogP contribution in [0.3, 0.4) is 0 Å². The van der Waals surface area contributed by atoms with E-state index in [1.54, 1.807) is 0 Å². The predicted octanol–water partition coefficient (Wildman–Crippen LogP) is 2.00. The molecule has 2 N–H and O–H groups in total. The number of ether oxygens (including phenoxy) is 3. The van der Waals surface area contributed by atoms with Gasteiger partial charge in [-0.25, -0.2) is 14.4 Å². The number of unbranched alkanes of at least 4 members (excludes halogenated alkanes) is 2. The molecule has 0 aromatic rings. The molecule has 0 saturated carbocycles. The minimum atomic E-state index is -2.63. The van der Waals surface area contributed by atoms with Crippen molar-refractivity contribution in [2.75, 3.05) is 54.2 Å². The van der Waals surface area contributed by atoms with E-state index in [2.05, 4.69) is 17.2 Å². The van der Waals surface area contributed by atoms with Crippen LogP contribution in [0.15, 0.2) is 12.2 Å². The Morgan fingerprint density at radius 1 is 0.742 bits per heavy atom. The molecule has 11 nitrogen and oxygen atoms in total. The van der Waals surface area contributed by atoms with Crippen molar-refractivity contribution in [3.63, 3.8) is 0 Å². The summed E-state index contributed by atoms with van der Waals surface area (Å²) in [7, 11) is 1.98. The van der Waals surface area contributed by atoms with Gasteiger partial charge in [0.1, 0.15) is 13.2 Å². The molecule has 0 saturated heterocycles. The summed E-state index contributed by atoms with van der Waals surface area (Å²) < 4.78 is 30.7. The molecule has 0 unspecified atom stereocenters. The van der Waals surface area contributed by atoms with E-state index in [9.17, 15) is 14.4 Å². The van der Waals surface area contributed by atoms with E-state index in [0.29, 0.717) is 25.6 Å². The Morgan fingerprint density at radius 2 is 1.23 bits per heavy atom. The average Bonchev–Trinajstić information content (AvgIpc) is 2.76. The molecule has 0 radical (unpaired) electrons. The standard InChI is InChI=1S/C19H36N2O9Si/c1-16(2)17(22)28-13-14-30-19(24)21-11-8-6-7-10-20-18(23)29-12-9-15-31(25-3,26-4)27-5/h1,6-15H2,2-5H3,(H,20,23)(H,21,24). The molecule has 12 heteroatoms. The fraction of sp³-hybridized carbons (Fsp3) is 0.737. The molecule has 0 aromatic carbocycles. The maximum absolute atomic E-state index is 11.6. The van der Waals surface area contributed by atoms with Crippen molar-refractivity contribution in [1.82, 2.24) is 10.6 Å². The molecule has 0 fully saturated rings. The van der Waals surface area contributed by atoms with E-state index in [1.807, 2.05) is 0 Å². The van der Waals surface area contributed by atoms with Crippen molar-refractivity contribution in [3.8, 4) is 0 Å².